The molecule has 0 aromatic heterocycles. The van der Waals surface area contributed by atoms with Crippen molar-refractivity contribution in [2.75, 3.05) is 13.6 Å². The van der Waals surface area contributed by atoms with Gasteiger partial charge in [0.25, 0.3) is 11.8 Å². The topological polar surface area (TPSA) is 40.6 Å². The number of hydrogen-bond donors (Lipinski definition) is 0. The Labute approximate surface area is 180 Å². The Hall–Kier alpha value is -2.88. The van der Waals surface area contributed by atoms with Crippen LogP contribution in [0.4, 0.5) is 0 Å². The summed E-state index contributed by atoms with van der Waals surface area (Å²) in [5.41, 5.74) is 5.24. The van der Waals surface area contributed by atoms with Crippen LogP contribution in [0.1, 0.15) is 54.9 Å². The first kappa shape index (κ1) is 21.8. The van der Waals surface area contributed by atoms with E-state index in [2.05, 4.69) is 13.8 Å². The van der Waals surface area contributed by atoms with Crippen LogP contribution in [0.2, 0.25) is 0 Å². The number of benzene rings is 2. The first-order valence-corrected chi connectivity index (χ1v) is 10.9. The van der Waals surface area contributed by atoms with E-state index in [-0.39, 0.29) is 11.8 Å². The number of aryl methyl sites for hydroxylation is 2. The van der Waals surface area contributed by atoms with Crippen molar-refractivity contribution in [3.05, 3.63) is 76.5 Å². The van der Waals surface area contributed by atoms with Gasteiger partial charge in [-0.25, -0.2) is 0 Å². The lowest BCUT2D eigenvalue weighted by molar-refractivity contribution is -0.137. The highest BCUT2D eigenvalue weighted by atomic mass is 16.2. The Morgan fingerprint density at radius 2 is 1.60 bits per heavy atom. The summed E-state index contributed by atoms with van der Waals surface area (Å²) >= 11 is 0. The van der Waals surface area contributed by atoms with Crippen LogP contribution in [0, 0.1) is 13.8 Å². The summed E-state index contributed by atoms with van der Waals surface area (Å²) in [4.78, 5) is 30.1. The Morgan fingerprint density at radius 1 is 0.867 bits per heavy atom. The zero-order valence-corrected chi connectivity index (χ0v) is 18.6. The predicted octanol–water partition coefficient (Wildman–Crippen LogP) is 5.10. The minimum atomic E-state index is -0.178. The lowest BCUT2D eigenvalue weighted by Crippen LogP contribution is -2.34. The van der Waals surface area contributed by atoms with Crippen LogP contribution in [0.25, 0.3) is 5.57 Å². The van der Waals surface area contributed by atoms with Gasteiger partial charge in [-0.2, -0.15) is 0 Å². The maximum Gasteiger partial charge on any atom is 0.277 e. The highest BCUT2D eigenvalue weighted by molar-refractivity contribution is 6.35. The number of imide groups is 1. The number of carbonyl (C=O) groups is 2. The van der Waals surface area contributed by atoms with E-state index in [1.54, 1.807) is 0 Å². The second kappa shape index (κ2) is 9.75. The lowest BCUT2D eigenvalue weighted by Gasteiger charge is -2.21. The molecule has 4 heteroatoms. The predicted molar refractivity (Wildman–Crippen MR) is 122 cm³/mol. The van der Waals surface area contributed by atoms with Gasteiger partial charge in [0.05, 0.1) is 5.57 Å². The molecule has 2 aromatic carbocycles. The SMILES string of the molecule is CCCCCCN1C(=O)C(c2ccc(C)c(C)c2)=C(N(C)Cc2ccccc2)C1=O. The fourth-order valence-corrected chi connectivity index (χ4v) is 3.91. The van der Waals surface area contributed by atoms with Gasteiger partial charge < -0.3 is 4.90 Å². The van der Waals surface area contributed by atoms with E-state index >= 15 is 0 Å². The second-order valence-corrected chi connectivity index (χ2v) is 8.19. The van der Waals surface area contributed by atoms with Crippen molar-refractivity contribution in [3.63, 3.8) is 0 Å². The van der Waals surface area contributed by atoms with Crippen LogP contribution in [0.15, 0.2) is 54.2 Å². The molecule has 0 spiro atoms. The Balaban J connectivity index is 1.96. The molecule has 1 aliphatic rings. The first-order chi connectivity index (χ1) is 14.4. The molecule has 1 heterocycles. The van der Waals surface area contributed by atoms with Gasteiger partial charge in [0.15, 0.2) is 0 Å². The number of likely N-dealkylation sites (N-methyl/N-ethyl adjacent to an activating group) is 1. The molecule has 1 aliphatic heterocycles. The minimum Gasteiger partial charge on any atom is -0.365 e. The number of unbranched alkanes of at least 4 members (excludes halogenated alkanes) is 3. The van der Waals surface area contributed by atoms with Crippen LogP contribution in [0.3, 0.4) is 0 Å². The maximum atomic E-state index is 13.4. The minimum absolute atomic E-state index is 0.172. The standard InChI is InChI=1S/C26H32N2O2/c1-5-6-7-11-16-28-25(29)23(22-15-14-19(2)20(3)17-22)24(26(28)30)27(4)18-21-12-9-8-10-13-21/h8-10,12-15,17H,5-7,11,16,18H2,1-4H3. The third-order valence-electron chi connectivity index (χ3n) is 5.82. The molecule has 3 rings (SSSR count). The Kier molecular flexibility index (Phi) is 7.09. The summed E-state index contributed by atoms with van der Waals surface area (Å²) in [6.45, 7) is 7.30. The maximum absolute atomic E-state index is 13.4. The third kappa shape index (κ3) is 4.64. The van der Waals surface area contributed by atoms with E-state index in [0.717, 1.165) is 42.4 Å². The summed E-state index contributed by atoms with van der Waals surface area (Å²) in [5, 5.41) is 0. The quantitative estimate of drug-likeness (QED) is 0.431. The highest BCUT2D eigenvalue weighted by Crippen LogP contribution is 2.33. The molecule has 0 saturated heterocycles. The van der Waals surface area contributed by atoms with Crippen molar-refractivity contribution >= 4 is 17.4 Å². The van der Waals surface area contributed by atoms with Crippen molar-refractivity contribution in [3.8, 4) is 0 Å². The van der Waals surface area contributed by atoms with Gasteiger partial charge >= 0.3 is 0 Å². The zero-order valence-electron chi connectivity index (χ0n) is 18.6. The van der Waals surface area contributed by atoms with Crippen molar-refractivity contribution in [2.45, 2.75) is 53.0 Å². The summed E-state index contributed by atoms with van der Waals surface area (Å²) in [5.74, 6) is -0.349. The molecule has 0 aliphatic carbocycles. The largest absolute Gasteiger partial charge is 0.365 e. The number of hydrogen-bond acceptors (Lipinski definition) is 3. The van der Waals surface area contributed by atoms with Crippen LogP contribution in [-0.2, 0) is 16.1 Å². The van der Waals surface area contributed by atoms with E-state index < -0.39 is 0 Å². The van der Waals surface area contributed by atoms with Crippen LogP contribution in [-0.4, -0.2) is 35.2 Å². The molecule has 2 aromatic rings. The summed E-state index contributed by atoms with van der Waals surface area (Å²) < 4.78 is 0. The van der Waals surface area contributed by atoms with Gasteiger partial charge in [0.1, 0.15) is 5.70 Å². The molecule has 158 valence electrons. The molecule has 0 radical (unpaired) electrons. The molecule has 0 saturated carbocycles. The van der Waals surface area contributed by atoms with Crippen LogP contribution < -0.4 is 0 Å². The van der Waals surface area contributed by atoms with E-state index in [9.17, 15) is 9.59 Å². The average Bonchev–Trinajstić information content (AvgIpc) is 2.98. The molecule has 0 fully saturated rings. The number of nitrogens with zero attached hydrogens (tertiary/aromatic N) is 2. The lowest BCUT2D eigenvalue weighted by atomic mass is 9.99. The van der Waals surface area contributed by atoms with Gasteiger partial charge in [0, 0.05) is 20.1 Å². The summed E-state index contributed by atoms with van der Waals surface area (Å²) in [6, 6.07) is 16.0. The Morgan fingerprint density at radius 3 is 2.27 bits per heavy atom. The van der Waals surface area contributed by atoms with Crippen molar-refractivity contribution in [2.24, 2.45) is 0 Å². The molecule has 0 unspecified atom stereocenters. The summed E-state index contributed by atoms with van der Waals surface area (Å²) in [7, 11) is 1.90. The normalized spacial score (nSPS) is 14.1. The summed E-state index contributed by atoms with van der Waals surface area (Å²) in [6.07, 6.45) is 4.12. The van der Waals surface area contributed by atoms with Gasteiger partial charge in [-0.15, -0.1) is 0 Å². The third-order valence-corrected chi connectivity index (χ3v) is 5.82. The Bertz CT molecular complexity index is 947. The number of amides is 2. The van der Waals surface area contributed by atoms with E-state index in [4.69, 9.17) is 0 Å². The fourth-order valence-electron chi connectivity index (χ4n) is 3.91. The first-order valence-electron chi connectivity index (χ1n) is 10.9. The molecule has 4 nitrogen and oxygen atoms in total. The van der Waals surface area contributed by atoms with E-state index in [1.165, 1.54) is 10.5 Å². The van der Waals surface area contributed by atoms with Gasteiger partial charge in [0.2, 0.25) is 0 Å². The molecule has 0 N–H and O–H groups in total. The van der Waals surface area contributed by atoms with Crippen LogP contribution >= 0.6 is 0 Å². The van der Waals surface area contributed by atoms with E-state index in [1.807, 2.05) is 67.4 Å². The molecular formula is C26H32N2O2. The monoisotopic (exact) mass is 404 g/mol. The van der Waals surface area contributed by atoms with E-state index in [0.29, 0.717) is 24.4 Å². The smallest absolute Gasteiger partial charge is 0.277 e. The van der Waals surface area contributed by atoms with Gasteiger partial charge in [-0.3, -0.25) is 14.5 Å². The number of carbonyl (C=O) groups excluding carboxylic acids is 2. The van der Waals surface area contributed by atoms with Gasteiger partial charge in [-0.05, 0) is 42.5 Å². The highest BCUT2D eigenvalue weighted by Gasteiger charge is 2.40. The molecule has 30 heavy (non-hydrogen) atoms. The zero-order chi connectivity index (χ0) is 21.7. The second-order valence-electron chi connectivity index (χ2n) is 8.19. The van der Waals surface area contributed by atoms with Crippen molar-refractivity contribution < 1.29 is 9.59 Å². The molecule has 2 amide bonds. The number of rotatable bonds is 9. The molecule has 0 bridgehead atoms. The fraction of sp³-hybridized carbons (Fsp3) is 0.385. The average molecular weight is 405 g/mol. The van der Waals surface area contributed by atoms with Crippen molar-refractivity contribution in [1.29, 1.82) is 0 Å². The molecule has 0 atom stereocenters. The van der Waals surface area contributed by atoms with Crippen molar-refractivity contribution in [1.82, 2.24) is 9.80 Å². The van der Waals surface area contributed by atoms with Gasteiger partial charge in [-0.1, -0.05) is 74.7 Å². The molecular weight excluding hydrogens is 372 g/mol. The van der Waals surface area contributed by atoms with Crippen LogP contribution in [0.5, 0.6) is 0 Å².